The summed E-state index contributed by atoms with van der Waals surface area (Å²) >= 11 is 0. The van der Waals surface area contributed by atoms with Crippen molar-refractivity contribution >= 4 is 34.0 Å². The number of nitrogen functional groups attached to an aromatic ring is 1. The highest BCUT2D eigenvalue weighted by atomic mass is 16.7. The van der Waals surface area contributed by atoms with Crippen LogP contribution >= 0.6 is 0 Å². The molecular weight excluding hydrogens is 378 g/mol. The van der Waals surface area contributed by atoms with E-state index < -0.39 is 0 Å². The molecule has 152 valence electrons. The Balaban J connectivity index is 1.54. The molecule has 1 aromatic heterocycles. The van der Waals surface area contributed by atoms with E-state index in [1.54, 1.807) is 36.4 Å². The third-order valence-electron chi connectivity index (χ3n) is 4.97. The van der Waals surface area contributed by atoms with Crippen molar-refractivity contribution in [3.05, 3.63) is 83.9 Å². The summed E-state index contributed by atoms with van der Waals surface area (Å²) in [6.07, 6.45) is 0. The average Bonchev–Trinajstić information content (AvgIpc) is 3.14. The van der Waals surface area contributed by atoms with Gasteiger partial charge in [-0.1, -0.05) is 36.4 Å². The van der Waals surface area contributed by atoms with Crippen LogP contribution in [-0.2, 0) is 11.4 Å². The monoisotopic (exact) mass is 401 g/mol. The van der Waals surface area contributed by atoms with Gasteiger partial charge in [-0.05, 0) is 42.0 Å². The van der Waals surface area contributed by atoms with E-state index in [0.29, 0.717) is 23.5 Å². The van der Waals surface area contributed by atoms with Crippen LogP contribution in [0.15, 0.2) is 72.8 Å². The summed E-state index contributed by atoms with van der Waals surface area (Å²) in [5, 5.41) is 10.2. The zero-order chi connectivity index (χ0) is 21.1. The Labute approximate surface area is 174 Å². The topological polar surface area (TPSA) is 85.4 Å². The first-order valence-electron chi connectivity index (χ1n) is 9.55. The molecule has 1 amide bonds. The van der Waals surface area contributed by atoms with Gasteiger partial charge < -0.3 is 11.1 Å². The van der Waals surface area contributed by atoms with Crippen molar-refractivity contribution in [3.63, 3.8) is 0 Å². The Bertz CT molecular complexity index is 1180. The zero-order valence-corrected chi connectivity index (χ0v) is 16.9. The van der Waals surface area contributed by atoms with Crippen molar-refractivity contribution in [2.24, 2.45) is 0 Å². The highest BCUT2D eigenvalue weighted by Crippen LogP contribution is 2.26. The molecule has 0 aliphatic carbocycles. The van der Waals surface area contributed by atoms with Gasteiger partial charge in [-0.25, -0.2) is 5.06 Å². The van der Waals surface area contributed by atoms with Gasteiger partial charge >= 0.3 is 0 Å². The van der Waals surface area contributed by atoms with E-state index in [-0.39, 0.29) is 5.91 Å². The van der Waals surface area contributed by atoms with E-state index in [1.807, 2.05) is 60.3 Å². The SMILES string of the molecule is CON(C)c1nn(Cc2ccc(C(=O)Nc3ccccc3N)cc2)c2ccccc12. The summed E-state index contributed by atoms with van der Waals surface area (Å²) in [4.78, 5) is 17.8. The fraction of sp³-hybridized carbons (Fsp3) is 0.130. The number of nitrogens with two attached hydrogens (primary N) is 1. The first-order valence-corrected chi connectivity index (χ1v) is 9.55. The maximum atomic E-state index is 12.5. The summed E-state index contributed by atoms with van der Waals surface area (Å²) in [7, 11) is 3.44. The highest BCUT2D eigenvalue weighted by molar-refractivity contribution is 6.05. The number of nitrogens with one attached hydrogen (secondary N) is 1. The molecule has 0 saturated heterocycles. The number of carbonyl (C=O) groups is 1. The van der Waals surface area contributed by atoms with Gasteiger partial charge in [0.2, 0.25) is 0 Å². The first-order chi connectivity index (χ1) is 14.6. The number of fused-ring (bicyclic) bond motifs is 1. The maximum absolute atomic E-state index is 12.5. The number of para-hydroxylation sites is 3. The van der Waals surface area contributed by atoms with Crippen molar-refractivity contribution in [1.82, 2.24) is 9.78 Å². The number of benzene rings is 3. The number of anilines is 3. The molecule has 7 heteroatoms. The Kier molecular flexibility index (Phi) is 5.36. The molecule has 0 saturated carbocycles. The Morgan fingerprint density at radius 2 is 1.77 bits per heavy atom. The molecule has 0 spiro atoms. The fourth-order valence-corrected chi connectivity index (χ4v) is 3.29. The van der Waals surface area contributed by atoms with Crippen LogP contribution in [0.25, 0.3) is 10.9 Å². The molecule has 30 heavy (non-hydrogen) atoms. The van der Waals surface area contributed by atoms with Crippen LogP contribution in [0.2, 0.25) is 0 Å². The maximum Gasteiger partial charge on any atom is 0.255 e. The van der Waals surface area contributed by atoms with E-state index in [2.05, 4.69) is 5.32 Å². The smallest absolute Gasteiger partial charge is 0.255 e. The van der Waals surface area contributed by atoms with Crippen LogP contribution in [0.3, 0.4) is 0 Å². The molecule has 0 fully saturated rings. The lowest BCUT2D eigenvalue weighted by molar-refractivity contribution is 0.102. The van der Waals surface area contributed by atoms with Crippen molar-refractivity contribution in [2.45, 2.75) is 6.54 Å². The van der Waals surface area contributed by atoms with Crippen molar-refractivity contribution in [3.8, 4) is 0 Å². The van der Waals surface area contributed by atoms with E-state index in [1.165, 1.54) is 0 Å². The predicted octanol–water partition coefficient (Wildman–Crippen LogP) is 3.92. The van der Waals surface area contributed by atoms with Crippen LogP contribution in [0.1, 0.15) is 15.9 Å². The molecule has 0 aliphatic heterocycles. The van der Waals surface area contributed by atoms with Crippen molar-refractivity contribution < 1.29 is 9.63 Å². The van der Waals surface area contributed by atoms with Crippen LogP contribution in [-0.4, -0.2) is 29.8 Å². The summed E-state index contributed by atoms with van der Waals surface area (Å²) in [5.74, 6) is 0.553. The van der Waals surface area contributed by atoms with Gasteiger partial charge in [0, 0.05) is 18.0 Å². The van der Waals surface area contributed by atoms with E-state index in [0.717, 1.165) is 22.3 Å². The number of nitrogens with zero attached hydrogens (tertiary/aromatic N) is 3. The first kappa shape index (κ1) is 19.5. The summed E-state index contributed by atoms with van der Waals surface area (Å²) < 4.78 is 1.93. The second-order valence-corrected chi connectivity index (χ2v) is 6.92. The summed E-state index contributed by atoms with van der Waals surface area (Å²) in [5.41, 5.74) is 9.64. The molecule has 0 aliphatic rings. The number of rotatable bonds is 6. The molecule has 1 heterocycles. The third kappa shape index (κ3) is 3.83. The number of hydrogen-bond donors (Lipinski definition) is 2. The summed E-state index contributed by atoms with van der Waals surface area (Å²) in [6, 6.07) is 22.7. The molecule has 3 N–H and O–H groups in total. The fourth-order valence-electron chi connectivity index (χ4n) is 3.29. The second-order valence-electron chi connectivity index (χ2n) is 6.92. The molecule has 0 unspecified atom stereocenters. The van der Waals surface area contributed by atoms with Gasteiger partial charge in [0.05, 0.1) is 30.5 Å². The largest absolute Gasteiger partial charge is 0.397 e. The predicted molar refractivity (Wildman–Crippen MR) is 119 cm³/mol. The number of carbonyl (C=O) groups excluding carboxylic acids is 1. The minimum atomic E-state index is -0.201. The van der Waals surface area contributed by atoms with Gasteiger partial charge in [-0.15, -0.1) is 0 Å². The molecular formula is C23H23N5O2. The van der Waals surface area contributed by atoms with Crippen LogP contribution < -0.4 is 16.1 Å². The minimum absolute atomic E-state index is 0.201. The quantitative estimate of drug-likeness (QED) is 0.378. The average molecular weight is 401 g/mol. The normalized spacial score (nSPS) is 10.9. The Hall–Kier alpha value is -3.84. The molecule has 4 aromatic rings. The number of hydrogen-bond acceptors (Lipinski definition) is 5. The lowest BCUT2D eigenvalue weighted by Gasteiger charge is -2.12. The van der Waals surface area contributed by atoms with E-state index in [4.69, 9.17) is 15.7 Å². The van der Waals surface area contributed by atoms with Crippen LogP contribution in [0.5, 0.6) is 0 Å². The molecule has 7 nitrogen and oxygen atoms in total. The van der Waals surface area contributed by atoms with Gasteiger partial charge in [0.25, 0.3) is 5.91 Å². The number of aromatic nitrogens is 2. The summed E-state index contributed by atoms with van der Waals surface area (Å²) in [6.45, 7) is 0.575. The molecule has 4 rings (SSSR count). The number of amides is 1. The zero-order valence-electron chi connectivity index (χ0n) is 16.9. The van der Waals surface area contributed by atoms with Gasteiger partial charge in [0.15, 0.2) is 5.82 Å². The third-order valence-corrected chi connectivity index (χ3v) is 4.97. The van der Waals surface area contributed by atoms with Crippen LogP contribution in [0.4, 0.5) is 17.2 Å². The van der Waals surface area contributed by atoms with E-state index >= 15 is 0 Å². The molecule has 0 bridgehead atoms. The molecule has 3 aromatic carbocycles. The van der Waals surface area contributed by atoms with Gasteiger partial charge in [-0.2, -0.15) is 5.10 Å². The van der Waals surface area contributed by atoms with Crippen molar-refractivity contribution in [2.75, 3.05) is 30.3 Å². The van der Waals surface area contributed by atoms with Crippen LogP contribution in [0, 0.1) is 0 Å². The number of hydroxylamine groups is 1. The Morgan fingerprint density at radius 3 is 2.50 bits per heavy atom. The highest BCUT2D eigenvalue weighted by Gasteiger charge is 2.14. The van der Waals surface area contributed by atoms with Gasteiger partial charge in [0.1, 0.15) is 0 Å². The van der Waals surface area contributed by atoms with E-state index in [9.17, 15) is 4.79 Å². The lowest BCUT2D eigenvalue weighted by atomic mass is 10.1. The lowest BCUT2D eigenvalue weighted by Crippen LogP contribution is -2.16. The van der Waals surface area contributed by atoms with Crippen molar-refractivity contribution in [1.29, 1.82) is 0 Å². The van der Waals surface area contributed by atoms with Gasteiger partial charge in [-0.3, -0.25) is 14.3 Å². The Morgan fingerprint density at radius 1 is 1.07 bits per heavy atom. The standard InChI is InChI=1S/C23H23N5O2/c1-27(30-2)22-18-7-3-6-10-21(18)28(26-22)15-16-11-13-17(14-12-16)23(29)25-20-9-5-4-8-19(20)24/h3-14H,15,24H2,1-2H3,(H,25,29). The molecule has 0 atom stereocenters. The second kappa shape index (κ2) is 8.26. The minimum Gasteiger partial charge on any atom is -0.397 e. The molecule has 0 radical (unpaired) electrons.